The van der Waals surface area contributed by atoms with Crippen LogP contribution in [0, 0.1) is 12.4 Å². The number of hydrogen-bond donors (Lipinski definition) is 1. The average molecular weight is 309 g/mol. The topological polar surface area (TPSA) is 70.3 Å². The van der Waals surface area contributed by atoms with Gasteiger partial charge in [0.2, 0.25) is 0 Å². The minimum atomic E-state index is -0.500. The van der Waals surface area contributed by atoms with Gasteiger partial charge in [0.15, 0.2) is 5.82 Å². The van der Waals surface area contributed by atoms with Gasteiger partial charge in [0, 0.05) is 5.56 Å². The first-order chi connectivity index (χ1) is 11.2. The Hall–Kier alpha value is -3.40. The van der Waals surface area contributed by atoms with E-state index in [1.165, 1.54) is 12.1 Å². The molecule has 0 bridgehead atoms. The van der Waals surface area contributed by atoms with Crippen LogP contribution in [0.5, 0.6) is 5.75 Å². The van der Waals surface area contributed by atoms with E-state index >= 15 is 0 Å². The largest absolute Gasteiger partial charge is 0.426 e. The van der Waals surface area contributed by atoms with Crippen molar-refractivity contribution in [2.75, 3.05) is 12.5 Å². The number of nitrogens with two attached hydrogens (primary N) is 1. The summed E-state index contributed by atoms with van der Waals surface area (Å²) in [6.45, 7) is 6.67. The van der Waals surface area contributed by atoms with Crippen molar-refractivity contribution in [3.05, 3.63) is 66.0 Å². The first-order valence-electron chi connectivity index (χ1n) is 6.71. The summed E-state index contributed by atoms with van der Waals surface area (Å²) in [5, 5.41) is 4.32. The molecular weight excluding hydrogens is 297 g/mol. The molecule has 0 saturated carbocycles. The molecule has 7 heteroatoms. The standard InChI is InChI=1S/C16H12FN5O/c1-19-10-23-13-5-3-12(4-6-13)22-9-20-16(21-22)11-2-7-15(18)14(17)8-11/h2-9H,10,18H2. The number of hydrogen-bond acceptors (Lipinski definition) is 4. The quantitative estimate of drug-likeness (QED) is 0.594. The van der Waals surface area contributed by atoms with Gasteiger partial charge in [-0.05, 0) is 42.5 Å². The van der Waals surface area contributed by atoms with Gasteiger partial charge in [0.1, 0.15) is 17.9 Å². The molecule has 0 fully saturated rings. The van der Waals surface area contributed by atoms with E-state index in [0.29, 0.717) is 17.1 Å². The van der Waals surface area contributed by atoms with Crippen LogP contribution in [0.15, 0.2) is 48.8 Å². The Bertz CT molecular complexity index is 867. The van der Waals surface area contributed by atoms with Crippen molar-refractivity contribution in [2.45, 2.75) is 0 Å². The third kappa shape index (κ3) is 3.11. The summed E-state index contributed by atoms with van der Waals surface area (Å²) in [5.41, 5.74) is 6.87. The number of halogens is 1. The van der Waals surface area contributed by atoms with E-state index in [9.17, 15) is 4.39 Å². The van der Waals surface area contributed by atoms with Crippen molar-refractivity contribution in [3.8, 4) is 22.8 Å². The lowest BCUT2D eigenvalue weighted by atomic mass is 10.2. The molecular formula is C16H12FN5O. The third-order valence-corrected chi connectivity index (χ3v) is 3.15. The molecule has 0 amide bonds. The summed E-state index contributed by atoms with van der Waals surface area (Å²) < 4.78 is 20.3. The lowest BCUT2D eigenvalue weighted by molar-refractivity contribution is 0.361. The number of anilines is 1. The average Bonchev–Trinajstić information content (AvgIpc) is 3.06. The van der Waals surface area contributed by atoms with Crippen molar-refractivity contribution in [2.24, 2.45) is 0 Å². The van der Waals surface area contributed by atoms with E-state index in [0.717, 1.165) is 5.69 Å². The fourth-order valence-electron chi connectivity index (χ4n) is 1.99. The Morgan fingerprint density at radius 1 is 1.22 bits per heavy atom. The Kier molecular flexibility index (Phi) is 3.89. The molecule has 0 radical (unpaired) electrons. The molecule has 0 unspecified atom stereocenters. The molecule has 0 aliphatic rings. The van der Waals surface area contributed by atoms with Crippen molar-refractivity contribution in [1.29, 1.82) is 0 Å². The van der Waals surface area contributed by atoms with E-state index in [2.05, 4.69) is 14.9 Å². The summed E-state index contributed by atoms with van der Waals surface area (Å²) in [6.07, 6.45) is 1.54. The molecule has 0 atom stereocenters. The van der Waals surface area contributed by atoms with Crippen molar-refractivity contribution >= 4 is 5.69 Å². The summed E-state index contributed by atoms with van der Waals surface area (Å²) in [6, 6.07) is 11.5. The molecule has 6 nitrogen and oxygen atoms in total. The Morgan fingerprint density at radius 2 is 2.00 bits per heavy atom. The number of aromatic nitrogens is 3. The number of benzene rings is 2. The second-order valence-electron chi connectivity index (χ2n) is 4.67. The van der Waals surface area contributed by atoms with Crippen LogP contribution in [0.4, 0.5) is 10.1 Å². The Morgan fingerprint density at radius 3 is 2.70 bits per heavy atom. The molecule has 3 aromatic rings. The third-order valence-electron chi connectivity index (χ3n) is 3.15. The predicted octanol–water partition coefficient (Wildman–Crippen LogP) is 2.91. The fraction of sp³-hybridized carbons (Fsp3) is 0.0625. The highest BCUT2D eigenvalue weighted by Crippen LogP contribution is 2.21. The fourth-order valence-corrected chi connectivity index (χ4v) is 1.99. The van der Waals surface area contributed by atoms with Crippen LogP contribution in [0.3, 0.4) is 0 Å². The number of ether oxygens (including phenoxy) is 1. The van der Waals surface area contributed by atoms with Gasteiger partial charge in [0.25, 0.3) is 0 Å². The zero-order valence-corrected chi connectivity index (χ0v) is 12.0. The van der Waals surface area contributed by atoms with E-state index in [4.69, 9.17) is 17.0 Å². The van der Waals surface area contributed by atoms with Gasteiger partial charge in [-0.15, -0.1) is 5.10 Å². The molecule has 1 aromatic heterocycles. The second-order valence-corrected chi connectivity index (χ2v) is 4.67. The molecule has 0 spiro atoms. The van der Waals surface area contributed by atoms with Gasteiger partial charge in [-0.3, -0.25) is 4.85 Å². The normalized spacial score (nSPS) is 10.3. The molecule has 0 aliphatic carbocycles. The van der Waals surface area contributed by atoms with Crippen LogP contribution in [0.2, 0.25) is 0 Å². The highest BCUT2D eigenvalue weighted by Gasteiger charge is 2.08. The first kappa shape index (κ1) is 14.5. The molecule has 3 rings (SSSR count). The molecule has 0 aliphatic heterocycles. The van der Waals surface area contributed by atoms with Gasteiger partial charge in [0.05, 0.1) is 11.4 Å². The van der Waals surface area contributed by atoms with Gasteiger partial charge < -0.3 is 10.5 Å². The Balaban J connectivity index is 1.84. The smallest absolute Gasteiger partial charge is 0.357 e. The van der Waals surface area contributed by atoms with Crippen LogP contribution in [-0.2, 0) is 0 Å². The molecule has 2 aromatic carbocycles. The molecule has 2 N–H and O–H groups in total. The van der Waals surface area contributed by atoms with Crippen LogP contribution < -0.4 is 10.5 Å². The Labute approximate surface area is 131 Å². The van der Waals surface area contributed by atoms with Gasteiger partial charge >= 0.3 is 6.73 Å². The summed E-state index contributed by atoms with van der Waals surface area (Å²) in [5.74, 6) is 0.503. The van der Waals surface area contributed by atoms with E-state index in [1.54, 1.807) is 41.3 Å². The zero-order valence-electron chi connectivity index (χ0n) is 12.0. The van der Waals surface area contributed by atoms with E-state index < -0.39 is 5.82 Å². The zero-order chi connectivity index (χ0) is 16.2. The number of rotatable bonds is 4. The molecule has 23 heavy (non-hydrogen) atoms. The van der Waals surface area contributed by atoms with Gasteiger partial charge in [-0.25, -0.2) is 20.6 Å². The SMILES string of the molecule is [C-]#[N+]COc1ccc(-n2cnc(-c3ccc(N)c(F)c3)n2)cc1. The molecule has 114 valence electrons. The monoisotopic (exact) mass is 309 g/mol. The molecule has 1 heterocycles. The summed E-state index contributed by atoms with van der Waals surface area (Å²) >= 11 is 0. The minimum Gasteiger partial charge on any atom is -0.426 e. The number of nitrogen functional groups attached to an aromatic ring is 1. The van der Waals surface area contributed by atoms with Gasteiger partial charge in [-0.2, -0.15) is 0 Å². The maximum Gasteiger partial charge on any atom is 0.357 e. The lowest BCUT2D eigenvalue weighted by Gasteiger charge is -2.02. The predicted molar refractivity (Wildman–Crippen MR) is 83.3 cm³/mol. The highest BCUT2D eigenvalue weighted by atomic mass is 19.1. The second kappa shape index (κ2) is 6.15. The highest BCUT2D eigenvalue weighted by molar-refractivity contribution is 5.59. The maximum atomic E-state index is 13.5. The van der Waals surface area contributed by atoms with Crippen LogP contribution in [0.25, 0.3) is 21.9 Å². The summed E-state index contributed by atoms with van der Waals surface area (Å²) in [7, 11) is 0. The van der Waals surface area contributed by atoms with Crippen LogP contribution >= 0.6 is 0 Å². The van der Waals surface area contributed by atoms with E-state index in [-0.39, 0.29) is 12.4 Å². The molecule has 0 saturated heterocycles. The lowest BCUT2D eigenvalue weighted by Crippen LogP contribution is -1.96. The van der Waals surface area contributed by atoms with Crippen molar-refractivity contribution < 1.29 is 9.13 Å². The van der Waals surface area contributed by atoms with E-state index in [1.807, 2.05) is 0 Å². The van der Waals surface area contributed by atoms with Crippen LogP contribution in [-0.4, -0.2) is 21.5 Å². The van der Waals surface area contributed by atoms with Crippen molar-refractivity contribution in [3.63, 3.8) is 0 Å². The number of nitrogens with zero attached hydrogens (tertiary/aromatic N) is 4. The first-order valence-corrected chi connectivity index (χ1v) is 6.71. The maximum absolute atomic E-state index is 13.5. The van der Waals surface area contributed by atoms with Crippen molar-refractivity contribution in [1.82, 2.24) is 14.8 Å². The van der Waals surface area contributed by atoms with Crippen LogP contribution in [0.1, 0.15) is 0 Å². The summed E-state index contributed by atoms with van der Waals surface area (Å²) in [4.78, 5) is 7.30. The minimum absolute atomic E-state index is 0.0183. The van der Waals surface area contributed by atoms with Gasteiger partial charge in [-0.1, -0.05) is 0 Å².